The van der Waals surface area contributed by atoms with Gasteiger partial charge in [-0.05, 0) is 49.4 Å². The number of amides is 2. The smallest absolute Gasteiger partial charge is 0.417 e. The zero-order valence-electron chi connectivity index (χ0n) is 16.2. The van der Waals surface area contributed by atoms with E-state index in [2.05, 4.69) is 15.3 Å². The van der Waals surface area contributed by atoms with Crippen molar-refractivity contribution in [2.24, 2.45) is 5.73 Å². The van der Waals surface area contributed by atoms with Crippen LogP contribution in [-0.4, -0.2) is 27.8 Å². The number of hydrogen-bond acceptors (Lipinski definition) is 5. The minimum Gasteiger partial charge on any atom is -0.439 e. The molecule has 0 saturated heterocycles. The minimum absolute atomic E-state index is 0.0149. The van der Waals surface area contributed by atoms with Crippen LogP contribution in [0.5, 0.6) is 11.6 Å². The number of carbonyl (C=O) groups excluding carboxylic acids is 2. The average Bonchev–Trinajstić information content (AvgIpc) is 2.74. The molecule has 1 aromatic carbocycles. The topological polar surface area (TPSA) is 107 Å². The Hall–Kier alpha value is -3.95. The van der Waals surface area contributed by atoms with Gasteiger partial charge in [-0.1, -0.05) is 6.07 Å². The van der Waals surface area contributed by atoms with Crippen molar-refractivity contribution in [2.75, 3.05) is 0 Å². The lowest BCUT2D eigenvalue weighted by atomic mass is 10.1. The minimum atomic E-state index is -4.47. The highest BCUT2D eigenvalue weighted by Gasteiger charge is 2.30. The maximum Gasteiger partial charge on any atom is 0.417 e. The number of benzene rings is 1. The molecule has 3 aromatic rings. The Kier molecular flexibility index (Phi) is 6.19. The predicted octanol–water partition coefficient (Wildman–Crippen LogP) is 3.56. The quantitative estimate of drug-likeness (QED) is 0.622. The number of ether oxygens (including phenoxy) is 1. The number of alkyl halides is 3. The van der Waals surface area contributed by atoms with Gasteiger partial charge in [-0.2, -0.15) is 13.2 Å². The molecule has 0 fully saturated rings. The third-order valence-electron chi connectivity index (χ3n) is 4.19. The highest BCUT2D eigenvalue weighted by atomic mass is 19.4. The molecule has 10 heteroatoms. The number of nitrogens with one attached hydrogen (secondary N) is 1. The Morgan fingerprint density at radius 2 is 1.77 bits per heavy atom. The lowest BCUT2D eigenvalue weighted by Crippen LogP contribution is -2.42. The zero-order valence-corrected chi connectivity index (χ0v) is 16.2. The summed E-state index contributed by atoms with van der Waals surface area (Å²) in [6.45, 7) is 1.47. The highest BCUT2D eigenvalue weighted by molar-refractivity contribution is 5.96. The van der Waals surface area contributed by atoms with Crippen molar-refractivity contribution in [2.45, 2.75) is 19.1 Å². The van der Waals surface area contributed by atoms with Crippen LogP contribution in [0.15, 0.2) is 60.8 Å². The van der Waals surface area contributed by atoms with Crippen LogP contribution in [0, 0.1) is 0 Å². The normalized spacial score (nSPS) is 12.1. The van der Waals surface area contributed by atoms with Gasteiger partial charge in [0, 0.05) is 17.8 Å². The highest BCUT2D eigenvalue weighted by Crippen LogP contribution is 2.30. The van der Waals surface area contributed by atoms with E-state index in [0.717, 1.165) is 12.1 Å². The Bertz CT molecular complexity index is 1080. The van der Waals surface area contributed by atoms with Crippen LogP contribution in [0.2, 0.25) is 0 Å². The second kappa shape index (κ2) is 8.82. The van der Waals surface area contributed by atoms with Crippen LogP contribution in [0.4, 0.5) is 13.2 Å². The lowest BCUT2D eigenvalue weighted by molar-refractivity contribution is -0.137. The van der Waals surface area contributed by atoms with E-state index in [9.17, 15) is 22.8 Å². The van der Waals surface area contributed by atoms with Gasteiger partial charge in [0.05, 0.1) is 11.3 Å². The molecule has 0 aliphatic carbocycles. The van der Waals surface area contributed by atoms with Crippen molar-refractivity contribution in [3.8, 4) is 22.9 Å². The fourth-order valence-electron chi connectivity index (χ4n) is 2.49. The first-order valence-electron chi connectivity index (χ1n) is 9.02. The van der Waals surface area contributed by atoms with Crippen molar-refractivity contribution >= 4 is 11.8 Å². The summed E-state index contributed by atoms with van der Waals surface area (Å²) < 4.78 is 43.2. The number of aromatic nitrogens is 2. The van der Waals surface area contributed by atoms with Crippen LogP contribution >= 0.6 is 0 Å². The first-order valence-corrected chi connectivity index (χ1v) is 9.02. The van der Waals surface area contributed by atoms with Crippen LogP contribution < -0.4 is 15.8 Å². The van der Waals surface area contributed by atoms with Gasteiger partial charge < -0.3 is 15.8 Å². The fourth-order valence-corrected chi connectivity index (χ4v) is 2.49. The van der Waals surface area contributed by atoms with E-state index in [0.29, 0.717) is 23.2 Å². The molecule has 0 spiro atoms. The van der Waals surface area contributed by atoms with Crippen LogP contribution in [0.1, 0.15) is 23.0 Å². The summed E-state index contributed by atoms with van der Waals surface area (Å²) in [5.74, 6) is -0.828. The number of hydrogen-bond donors (Lipinski definition) is 2. The van der Waals surface area contributed by atoms with Gasteiger partial charge in [-0.15, -0.1) is 0 Å². The summed E-state index contributed by atoms with van der Waals surface area (Å²) in [6.07, 6.45) is -3.77. The molecular weight excluding hydrogens is 413 g/mol. The van der Waals surface area contributed by atoms with Gasteiger partial charge in [-0.3, -0.25) is 9.59 Å². The molecule has 0 saturated carbocycles. The summed E-state index contributed by atoms with van der Waals surface area (Å²) in [6, 6.07) is 12.6. The summed E-state index contributed by atoms with van der Waals surface area (Å²) in [5.41, 5.74) is 5.55. The molecule has 2 aromatic heterocycles. The van der Waals surface area contributed by atoms with E-state index in [4.69, 9.17) is 10.5 Å². The Morgan fingerprint density at radius 3 is 2.35 bits per heavy atom. The van der Waals surface area contributed by atoms with E-state index in [1.54, 1.807) is 36.4 Å². The van der Waals surface area contributed by atoms with Crippen LogP contribution in [-0.2, 0) is 11.0 Å². The van der Waals surface area contributed by atoms with E-state index >= 15 is 0 Å². The summed E-state index contributed by atoms with van der Waals surface area (Å²) in [5, 5.41) is 2.45. The van der Waals surface area contributed by atoms with Crippen LogP contribution in [0.3, 0.4) is 0 Å². The summed E-state index contributed by atoms with van der Waals surface area (Å²) in [4.78, 5) is 31.2. The number of halogens is 3. The van der Waals surface area contributed by atoms with Crippen LogP contribution in [0.25, 0.3) is 11.3 Å². The maximum atomic E-state index is 12.6. The van der Waals surface area contributed by atoms with Crippen molar-refractivity contribution < 1.29 is 27.5 Å². The van der Waals surface area contributed by atoms with Gasteiger partial charge in [0.1, 0.15) is 17.5 Å². The molecule has 0 aliphatic rings. The second-order valence-corrected chi connectivity index (χ2v) is 6.51. The Labute approximate surface area is 175 Å². The molecule has 2 heterocycles. The molecule has 0 aliphatic heterocycles. The molecule has 3 rings (SSSR count). The summed E-state index contributed by atoms with van der Waals surface area (Å²) in [7, 11) is 0. The third kappa shape index (κ3) is 5.56. The second-order valence-electron chi connectivity index (χ2n) is 6.51. The van der Waals surface area contributed by atoms with E-state index < -0.39 is 29.6 Å². The van der Waals surface area contributed by atoms with Gasteiger partial charge in [-0.25, -0.2) is 9.97 Å². The van der Waals surface area contributed by atoms with Gasteiger partial charge in [0.2, 0.25) is 11.8 Å². The van der Waals surface area contributed by atoms with Crippen molar-refractivity contribution in [3.63, 3.8) is 0 Å². The van der Waals surface area contributed by atoms with Gasteiger partial charge in [0.25, 0.3) is 5.91 Å². The first kappa shape index (κ1) is 21.8. The zero-order chi connectivity index (χ0) is 22.6. The first-order chi connectivity index (χ1) is 14.6. The van der Waals surface area contributed by atoms with Crippen molar-refractivity contribution in [1.29, 1.82) is 0 Å². The molecular formula is C21H17F3N4O3. The molecule has 1 unspecified atom stereocenters. The molecule has 7 nitrogen and oxygen atoms in total. The SMILES string of the molecule is CC(NC(=O)c1cccc(-c2ccc(Oc3ccc(C(F)(F)F)cn3)cc2)n1)C(N)=O. The van der Waals surface area contributed by atoms with Gasteiger partial charge >= 0.3 is 6.18 Å². The number of rotatable bonds is 6. The monoisotopic (exact) mass is 430 g/mol. The van der Waals surface area contributed by atoms with Crippen molar-refractivity contribution in [3.05, 3.63) is 72.1 Å². The molecule has 2 amide bonds. The number of primary amides is 1. The van der Waals surface area contributed by atoms with E-state index in [-0.39, 0.29) is 11.6 Å². The maximum absolute atomic E-state index is 12.6. The molecule has 3 N–H and O–H groups in total. The molecule has 160 valence electrons. The Balaban J connectivity index is 1.71. The van der Waals surface area contributed by atoms with E-state index in [1.807, 2.05) is 0 Å². The summed E-state index contributed by atoms with van der Waals surface area (Å²) >= 11 is 0. The lowest BCUT2D eigenvalue weighted by Gasteiger charge is -2.11. The van der Waals surface area contributed by atoms with Crippen molar-refractivity contribution in [1.82, 2.24) is 15.3 Å². The molecule has 31 heavy (non-hydrogen) atoms. The predicted molar refractivity (Wildman–Crippen MR) is 105 cm³/mol. The fraction of sp³-hybridized carbons (Fsp3) is 0.143. The molecule has 0 bridgehead atoms. The molecule has 1 atom stereocenters. The Morgan fingerprint density at radius 1 is 1.06 bits per heavy atom. The number of pyridine rings is 2. The number of nitrogens with zero attached hydrogens (tertiary/aromatic N) is 2. The van der Waals surface area contributed by atoms with Gasteiger partial charge in [0.15, 0.2) is 0 Å². The number of carbonyl (C=O) groups is 2. The number of nitrogens with two attached hydrogens (primary N) is 1. The average molecular weight is 430 g/mol. The standard InChI is InChI=1S/C21H17F3N4O3/c1-12(19(25)29)27-20(30)17-4-2-3-16(28-17)13-5-8-15(9-6-13)31-18-10-7-14(11-26-18)21(22,23)24/h2-12H,1H3,(H2,25,29)(H,27,30). The molecule has 0 radical (unpaired) electrons. The third-order valence-corrected chi connectivity index (χ3v) is 4.19. The largest absolute Gasteiger partial charge is 0.439 e. The van der Waals surface area contributed by atoms with E-state index in [1.165, 1.54) is 13.0 Å².